The molecule has 1 aromatic rings. The van der Waals surface area contributed by atoms with Crippen molar-refractivity contribution in [3.63, 3.8) is 0 Å². The lowest BCUT2D eigenvalue weighted by atomic mass is 9.98. The van der Waals surface area contributed by atoms with Crippen LogP contribution in [0, 0.1) is 5.92 Å². The summed E-state index contributed by atoms with van der Waals surface area (Å²) in [6, 6.07) is 7.93. The molecule has 16 heavy (non-hydrogen) atoms. The molecule has 0 saturated carbocycles. The first kappa shape index (κ1) is 13.2. The number of hydrogen-bond donors (Lipinski definition) is 0. The summed E-state index contributed by atoms with van der Waals surface area (Å²) in [7, 11) is 0. The Morgan fingerprint density at radius 3 is 2.50 bits per heavy atom. The van der Waals surface area contributed by atoms with Gasteiger partial charge in [-0.1, -0.05) is 35.0 Å². The van der Waals surface area contributed by atoms with Gasteiger partial charge in [0, 0.05) is 5.92 Å². The molecule has 0 N–H and O–H groups in total. The molecular formula is C13H17BrO2. The molecular weight excluding hydrogens is 268 g/mol. The minimum Gasteiger partial charge on any atom is -0.494 e. The highest BCUT2D eigenvalue weighted by Gasteiger charge is 2.11. The maximum atomic E-state index is 11.4. The van der Waals surface area contributed by atoms with Crippen molar-refractivity contribution in [2.75, 3.05) is 11.9 Å². The van der Waals surface area contributed by atoms with Crippen molar-refractivity contribution >= 4 is 21.7 Å². The van der Waals surface area contributed by atoms with Gasteiger partial charge in [-0.15, -0.1) is 0 Å². The van der Waals surface area contributed by atoms with Gasteiger partial charge < -0.3 is 4.74 Å². The van der Waals surface area contributed by atoms with Gasteiger partial charge in [-0.05, 0) is 31.0 Å². The molecule has 0 amide bonds. The molecule has 2 nitrogen and oxygen atoms in total. The van der Waals surface area contributed by atoms with Gasteiger partial charge in [0.25, 0.3) is 0 Å². The van der Waals surface area contributed by atoms with Gasteiger partial charge in [-0.3, -0.25) is 4.79 Å². The maximum absolute atomic E-state index is 11.4. The van der Waals surface area contributed by atoms with Gasteiger partial charge in [-0.25, -0.2) is 0 Å². The minimum atomic E-state index is 0.0670. The fourth-order valence-corrected chi connectivity index (χ4v) is 2.04. The van der Waals surface area contributed by atoms with Crippen molar-refractivity contribution in [2.24, 2.45) is 5.92 Å². The van der Waals surface area contributed by atoms with Crippen LogP contribution in [0.15, 0.2) is 24.3 Å². The van der Waals surface area contributed by atoms with Crippen LogP contribution in [0.4, 0.5) is 0 Å². The van der Waals surface area contributed by atoms with Gasteiger partial charge >= 0.3 is 0 Å². The second kappa shape index (κ2) is 6.69. The van der Waals surface area contributed by atoms with Crippen LogP contribution in [0.3, 0.4) is 0 Å². The van der Waals surface area contributed by atoms with Crippen molar-refractivity contribution in [1.82, 2.24) is 0 Å². The molecule has 3 heteroatoms. The zero-order chi connectivity index (χ0) is 12.0. The standard InChI is InChI=1S/C13H17BrO2/c1-3-16-12-6-4-11(5-7-12)8-10(2)13(15)9-14/h4-7,10H,3,8-9H2,1-2H3/t10-/m0/s1. The third kappa shape index (κ3) is 3.97. The third-order valence-corrected chi connectivity index (χ3v) is 3.01. The molecule has 0 bridgehead atoms. The monoisotopic (exact) mass is 284 g/mol. The molecule has 1 atom stereocenters. The predicted octanol–water partition coefficient (Wildman–Crippen LogP) is 3.23. The topological polar surface area (TPSA) is 26.3 Å². The maximum Gasteiger partial charge on any atom is 0.146 e. The molecule has 0 aromatic heterocycles. The lowest BCUT2D eigenvalue weighted by Crippen LogP contribution is -2.14. The summed E-state index contributed by atoms with van der Waals surface area (Å²) >= 11 is 3.19. The number of hydrogen-bond acceptors (Lipinski definition) is 2. The number of ketones is 1. The number of halogens is 1. The summed E-state index contributed by atoms with van der Waals surface area (Å²) < 4.78 is 5.36. The number of Topliss-reactive ketones (excluding diaryl/α,β-unsaturated/α-hetero) is 1. The first-order chi connectivity index (χ1) is 7.67. The van der Waals surface area contributed by atoms with Crippen LogP contribution < -0.4 is 4.74 Å². The molecule has 88 valence electrons. The largest absolute Gasteiger partial charge is 0.494 e. The van der Waals surface area contributed by atoms with E-state index in [1.807, 2.05) is 38.1 Å². The van der Waals surface area contributed by atoms with E-state index in [-0.39, 0.29) is 11.7 Å². The van der Waals surface area contributed by atoms with Crippen LogP contribution in [0.5, 0.6) is 5.75 Å². The zero-order valence-electron chi connectivity index (χ0n) is 9.70. The molecule has 1 aromatic carbocycles. The Hall–Kier alpha value is -0.830. The summed E-state index contributed by atoms with van der Waals surface area (Å²) in [4.78, 5) is 11.4. The van der Waals surface area contributed by atoms with Crippen molar-refractivity contribution in [2.45, 2.75) is 20.3 Å². The number of ether oxygens (including phenoxy) is 1. The van der Waals surface area contributed by atoms with Crippen LogP contribution in [0.1, 0.15) is 19.4 Å². The number of alkyl halides is 1. The van der Waals surface area contributed by atoms with E-state index in [4.69, 9.17) is 4.74 Å². The molecule has 0 aliphatic heterocycles. The molecule has 0 aliphatic rings. The van der Waals surface area contributed by atoms with Crippen LogP contribution in [-0.2, 0) is 11.2 Å². The molecule has 1 rings (SSSR count). The predicted molar refractivity (Wildman–Crippen MR) is 69.3 cm³/mol. The van der Waals surface area contributed by atoms with E-state index in [9.17, 15) is 4.79 Å². The average molecular weight is 285 g/mol. The van der Waals surface area contributed by atoms with Crippen LogP contribution in [0.25, 0.3) is 0 Å². The van der Waals surface area contributed by atoms with Crippen molar-refractivity contribution in [3.8, 4) is 5.75 Å². The van der Waals surface area contributed by atoms with E-state index in [0.717, 1.165) is 12.2 Å². The molecule has 0 fully saturated rings. The molecule has 0 saturated heterocycles. The van der Waals surface area contributed by atoms with Crippen molar-refractivity contribution in [3.05, 3.63) is 29.8 Å². The zero-order valence-corrected chi connectivity index (χ0v) is 11.3. The second-order valence-corrected chi connectivity index (χ2v) is 4.34. The van der Waals surface area contributed by atoms with Gasteiger partial charge in [0.1, 0.15) is 11.5 Å². The molecule has 0 heterocycles. The highest BCUT2D eigenvalue weighted by Crippen LogP contribution is 2.15. The summed E-state index contributed by atoms with van der Waals surface area (Å²) in [5.41, 5.74) is 1.17. The highest BCUT2D eigenvalue weighted by atomic mass is 79.9. The van der Waals surface area contributed by atoms with E-state index in [0.29, 0.717) is 11.9 Å². The number of carbonyl (C=O) groups excluding carboxylic acids is 1. The minimum absolute atomic E-state index is 0.0670. The molecule has 0 spiro atoms. The van der Waals surface area contributed by atoms with Gasteiger partial charge in [-0.2, -0.15) is 0 Å². The van der Waals surface area contributed by atoms with Crippen LogP contribution in [0.2, 0.25) is 0 Å². The van der Waals surface area contributed by atoms with Crippen LogP contribution >= 0.6 is 15.9 Å². The van der Waals surface area contributed by atoms with E-state index in [2.05, 4.69) is 15.9 Å². The van der Waals surface area contributed by atoms with Crippen molar-refractivity contribution in [1.29, 1.82) is 0 Å². The SMILES string of the molecule is CCOc1ccc(C[C@H](C)C(=O)CBr)cc1. The Morgan fingerprint density at radius 1 is 1.38 bits per heavy atom. The third-order valence-electron chi connectivity index (χ3n) is 2.46. The van der Waals surface area contributed by atoms with Crippen LogP contribution in [-0.4, -0.2) is 17.7 Å². The second-order valence-electron chi connectivity index (χ2n) is 3.78. The van der Waals surface area contributed by atoms with E-state index < -0.39 is 0 Å². The highest BCUT2D eigenvalue weighted by molar-refractivity contribution is 9.09. The van der Waals surface area contributed by atoms with E-state index in [1.54, 1.807) is 0 Å². The fourth-order valence-electron chi connectivity index (χ4n) is 1.49. The number of rotatable bonds is 6. The van der Waals surface area contributed by atoms with Gasteiger partial charge in [0.05, 0.1) is 11.9 Å². The summed E-state index contributed by atoms with van der Waals surface area (Å²) in [5, 5.41) is 0.436. The van der Waals surface area contributed by atoms with Gasteiger partial charge in [0.15, 0.2) is 0 Å². The Morgan fingerprint density at radius 2 is 2.00 bits per heavy atom. The summed E-state index contributed by atoms with van der Waals surface area (Å²) in [6.45, 7) is 4.60. The quantitative estimate of drug-likeness (QED) is 0.750. The molecule has 0 aliphatic carbocycles. The van der Waals surface area contributed by atoms with E-state index in [1.165, 1.54) is 5.56 Å². The lowest BCUT2D eigenvalue weighted by Gasteiger charge is -2.09. The van der Waals surface area contributed by atoms with Gasteiger partial charge in [0.2, 0.25) is 0 Å². The van der Waals surface area contributed by atoms with Crippen molar-refractivity contribution < 1.29 is 9.53 Å². The Kier molecular flexibility index (Phi) is 5.53. The average Bonchev–Trinajstić information content (AvgIpc) is 2.31. The summed E-state index contributed by atoms with van der Waals surface area (Å²) in [5.74, 6) is 1.19. The first-order valence-electron chi connectivity index (χ1n) is 5.47. The van der Waals surface area contributed by atoms with E-state index >= 15 is 0 Å². The summed E-state index contributed by atoms with van der Waals surface area (Å²) in [6.07, 6.45) is 0.789. The Labute approximate surface area is 105 Å². The molecule has 0 unspecified atom stereocenters. The lowest BCUT2D eigenvalue weighted by molar-refractivity contribution is -0.119. The smallest absolute Gasteiger partial charge is 0.146 e. The fraction of sp³-hybridized carbons (Fsp3) is 0.462. The number of carbonyl (C=O) groups is 1. The Balaban J connectivity index is 2.58. The normalized spacial score (nSPS) is 12.2. The first-order valence-corrected chi connectivity index (χ1v) is 6.60. The molecule has 0 radical (unpaired) electrons. The Bertz CT molecular complexity index is 332. The number of benzene rings is 1.